The molecule has 0 fully saturated rings. The second-order valence-corrected chi connectivity index (χ2v) is 7.84. The molecular weight excluding hydrogens is 366 g/mol. The van der Waals surface area contributed by atoms with Crippen molar-refractivity contribution in [2.75, 3.05) is 5.32 Å². The predicted molar refractivity (Wildman–Crippen MR) is 117 cm³/mol. The molecule has 1 atom stereocenters. The molecule has 3 nitrogen and oxygen atoms in total. The Hall–Kier alpha value is -2.72. The first-order chi connectivity index (χ1) is 13.5. The molecule has 3 rings (SSSR count). The van der Waals surface area contributed by atoms with E-state index >= 15 is 0 Å². The van der Waals surface area contributed by atoms with Crippen LogP contribution < -0.4 is 10.1 Å². The van der Waals surface area contributed by atoms with Gasteiger partial charge in [-0.3, -0.25) is 4.79 Å². The second-order valence-electron chi connectivity index (χ2n) is 6.79. The number of thioether (sulfide) groups is 1. The zero-order valence-corrected chi connectivity index (χ0v) is 17.3. The molecule has 1 N–H and O–H groups in total. The highest BCUT2D eigenvalue weighted by Crippen LogP contribution is 2.23. The van der Waals surface area contributed by atoms with E-state index < -0.39 is 6.10 Å². The summed E-state index contributed by atoms with van der Waals surface area (Å²) in [7, 11) is 0. The predicted octanol–water partition coefficient (Wildman–Crippen LogP) is 6.00. The number of nitrogens with one attached hydrogen (secondary N) is 1. The largest absolute Gasteiger partial charge is 0.481 e. The molecule has 0 heterocycles. The van der Waals surface area contributed by atoms with Crippen LogP contribution in [-0.2, 0) is 10.5 Å². The number of amides is 1. The van der Waals surface area contributed by atoms with Crippen LogP contribution in [0.3, 0.4) is 0 Å². The SMILES string of the molecule is Cc1ccc(O[C@H](C)C(=O)Nc2ccc(CSc3ccccc3)cc2)cc1C. The fourth-order valence-corrected chi connectivity index (χ4v) is 3.53. The van der Waals surface area contributed by atoms with E-state index in [1.54, 1.807) is 18.7 Å². The number of hydrogen-bond acceptors (Lipinski definition) is 3. The molecule has 4 heteroatoms. The molecule has 0 unspecified atom stereocenters. The number of carbonyl (C=O) groups is 1. The van der Waals surface area contributed by atoms with Crippen molar-refractivity contribution in [2.24, 2.45) is 0 Å². The Morgan fingerprint density at radius 2 is 1.68 bits per heavy atom. The molecule has 0 radical (unpaired) electrons. The fourth-order valence-electron chi connectivity index (χ4n) is 2.66. The Labute approximate surface area is 171 Å². The van der Waals surface area contributed by atoms with Crippen LogP contribution in [0.2, 0.25) is 0 Å². The van der Waals surface area contributed by atoms with Crippen LogP contribution >= 0.6 is 11.8 Å². The monoisotopic (exact) mass is 391 g/mol. The fraction of sp³-hybridized carbons (Fsp3) is 0.208. The average molecular weight is 392 g/mol. The van der Waals surface area contributed by atoms with Gasteiger partial charge in [0.05, 0.1) is 0 Å². The third-order valence-corrected chi connectivity index (χ3v) is 5.61. The summed E-state index contributed by atoms with van der Waals surface area (Å²) < 4.78 is 5.78. The Morgan fingerprint density at radius 3 is 2.36 bits per heavy atom. The van der Waals surface area contributed by atoms with E-state index in [9.17, 15) is 4.79 Å². The molecule has 0 aromatic heterocycles. The van der Waals surface area contributed by atoms with Gasteiger partial charge in [0.1, 0.15) is 5.75 Å². The Balaban J connectivity index is 1.52. The molecule has 0 aliphatic rings. The summed E-state index contributed by atoms with van der Waals surface area (Å²) in [6.45, 7) is 5.84. The van der Waals surface area contributed by atoms with Gasteiger partial charge in [-0.2, -0.15) is 0 Å². The normalized spacial score (nSPS) is 11.7. The number of aryl methyl sites for hydroxylation is 2. The van der Waals surface area contributed by atoms with Gasteiger partial charge in [-0.1, -0.05) is 36.4 Å². The minimum Gasteiger partial charge on any atom is -0.481 e. The van der Waals surface area contributed by atoms with Gasteiger partial charge in [-0.15, -0.1) is 11.8 Å². The molecule has 28 heavy (non-hydrogen) atoms. The van der Waals surface area contributed by atoms with Crippen molar-refractivity contribution in [3.05, 3.63) is 89.5 Å². The van der Waals surface area contributed by atoms with Crippen molar-refractivity contribution < 1.29 is 9.53 Å². The molecule has 0 aliphatic heterocycles. The number of anilines is 1. The molecule has 0 spiro atoms. The first-order valence-corrected chi connectivity index (χ1v) is 10.3. The van der Waals surface area contributed by atoms with Gasteiger partial charge < -0.3 is 10.1 Å². The second kappa shape index (κ2) is 9.47. The van der Waals surface area contributed by atoms with Gasteiger partial charge in [0.15, 0.2) is 6.10 Å². The summed E-state index contributed by atoms with van der Waals surface area (Å²) in [5, 5.41) is 2.92. The number of ether oxygens (including phenoxy) is 1. The third-order valence-electron chi connectivity index (χ3n) is 4.53. The molecule has 0 aliphatic carbocycles. The maximum absolute atomic E-state index is 12.4. The highest BCUT2D eigenvalue weighted by atomic mass is 32.2. The Bertz CT molecular complexity index is 923. The summed E-state index contributed by atoms with van der Waals surface area (Å²) >= 11 is 1.79. The van der Waals surface area contributed by atoms with Crippen molar-refractivity contribution in [1.29, 1.82) is 0 Å². The highest BCUT2D eigenvalue weighted by molar-refractivity contribution is 7.98. The lowest BCUT2D eigenvalue weighted by Crippen LogP contribution is -2.30. The van der Waals surface area contributed by atoms with Crippen molar-refractivity contribution >= 4 is 23.4 Å². The summed E-state index contributed by atoms with van der Waals surface area (Å²) in [5.74, 6) is 1.44. The molecule has 0 saturated heterocycles. The molecule has 0 saturated carbocycles. The summed E-state index contributed by atoms with van der Waals surface area (Å²) in [6, 6.07) is 24.1. The number of carbonyl (C=O) groups excluding carboxylic acids is 1. The first kappa shape index (κ1) is 20.0. The third kappa shape index (κ3) is 5.64. The van der Waals surface area contributed by atoms with Crippen molar-refractivity contribution in [1.82, 2.24) is 0 Å². The van der Waals surface area contributed by atoms with Crippen molar-refractivity contribution in [3.8, 4) is 5.75 Å². The molecule has 0 bridgehead atoms. The quantitative estimate of drug-likeness (QED) is 0.502. The standard InChI is InChI=1S/C24H25NO2S/c1-17-9-14-22(15-18(17)2)27-19(3)24(26)25-21-12-10-20(11-13-21)16-28-23-7-5-4-6-8-23/h4-15,19H,16H2,1-3H3,(H,25,26)/t19-/m1/s1. The number of hydrogen-bond donors (Lipinski definition) is 1. The van der Waals surface area contributed by atoms with E-state index in [1.165, 1.54) is 16.0 Å². The van der Waals surface area contributed by atoms with Gasteiger partial charge in [-0.25, -0.2) is 0 Å². The van der Waals surface area contributed by atoms with Gasteiger partial charge in [0.2, 0.25) is 0 Å². The minimum absolute atomic E-state index is 0.162. The summed E-state index contributed by atoms with van der Waals surface area (Å²) in [6.07, 6.45) is -0.574. The summed E-state index contributed by atoms with van der Waals surface area (Å²) in [5.41, 5.74) is 4.34. The van der Waals surface area contributed by atoms with Crippen LogP contribution in [0.5, 0.6) is 5.75 Å². The molecule has 3 aromatic carbocycles. The molecule has 1 amide bonds. The van der Waals surface area contributed by atoms with Crippen LogP contribution in [0.1, 0.15) is 23.6 Å². The van der Waals surface area contributed by atoms with E-state index in [0.717, 1.165) is 17.0 Å². The lowest BCUT2D eigenvalue weighted by Gasteiger charge is -2.16. The zero-order valence-electron chi connectivity index (χ0n) is 16.4. The minimum atomic E-state index is -0.574. The van der Waals surface area contributed by atoms with Crippen LogP contribution in [0.25, 0.3) is 0 Å². The van der Waals surface area contributed by atoms with Gasteiger partial charge in [0, 0.05) is 16.3 Å². The van der Waals surface area contributed by atoms with Crippen molar-refractivity contribution in [2.45, 2.75) is 37.5 Å². The first-order valence-electron chi connectivity index (χ1n) is 9.33. The van der Waals surface area contributed by atoms with Crippen LogP contribution in [0, 0.1) is 13.8 Å². The van der Waals surface area contributed by atoms with Gasteiger partial charge in [0.25, 0.3) is 5.91 Å². The van der Waals surface area contributed by atoms with E-state index in [2.05, 4.69) is 24.4 Å². The zero-order chi connectivity index (χ0) is 19.9. The van der Waals surface area contributed by atoms with Crippen molar-refractivity contribution in [3.63, 3.8) is 0 Å². The maximum Gasteiger partial charge on any atom is 0.265 e. The van der Waals surface area contributed by atoms with Gasteiger partial charge in [-0.05, 0) is 73.9 Å². The van der Waals surface area contributed by atoms with Crippen LogP contribution in [0.15, 0.2) is 77.7 Å². The smallest absolute Gasteiger partial charge is 0.265 e. The van der Waals surface area contributed by atoms with Crippen LogP contribution in [0.4, 0.5) is 5.69 Å². The Morgan fingerprint density at radius 1 is 0.964 bits per heavy atom. The van der Waals surface area contributed by atoms with E-state index in [1.807, 2.05) is 67.6 Å². The van der Waals surface area contributed by atoms with Gasteiger partial charge >= 0.3 is 0 Å². The summed E-state index contributed by atoms with van der Waals surface area (Å²) in [4.78, 5) is 13.7. The van der Waals surface area contributed by atoms with E-state index in [-0.39, 0.29) is 5.91 Å². The van der Waals surface area contributed by atoms with E-state index in [0.29, 0.717) is 5.75 Å². The molecule has 3 aromatic rings. The van der Waals surface area contributed by atoms with Crippen LogP contribution in [-0.4, -0.2) is 12.0 Å². The lowest BCUT2D eigenvalue weighted by atomic mass is 10.1. The maximum atomic E-state index is 12.4. The number of benzene rings is 3. The average Bonchev–Trinajstić information content (AvgIpc) is 2.71. The Kier molecular flexibility index (Phi) is 6.77. The molecular formula is C24H25NO2S. The highest BCUT2D eigenvalue weighted by Gasteiger charge is 2.15. The topological polar surface area (TPSA) is 38.3 Å². The molecule has 144 valence electrons. The lowest BCUT2D eigenvalue weighted by molar-refractivity contribution is -0.122. The number of rotatable bonds is 7. The van der Waals surface area contributed by atoms with E-state index in [4.69, 9.17) is 4.74 Å².